The van der Waals surface area contributed by atoms with Gasteiger partial charge in [-0.15, -0.1) is 0 Å². The van der Waals surface area contributed by atoms with E-state index in [-0.39, 0.29) is 12.1 Å². The molecule has 2 heterocycles. The second-order valence-corrected chi connectivity index (χ2v) is 5.58. The Balaban J connectivity index is 1.80. The SMILES string of the molecule is COc1cccc([C@H](NC[C@H]2CCC=CO2)c2ccccn2)c1. The van der Waals surface area contributed by atoms with Gasteiger partial charge in [0, 0.05) is 12.7 Å². The highest BCUT2D eigenvalue weighted by Crippen LogP contribution is 2.24. The third-order valence-electron chi connectivity index (χ3n) is 3.98. The van der Waals surface area contributed by atoms with Crippen LogP contribution in [0.1, 0.15) is 30.1 Å². The summed E-state index contributed by atoms with van der Waals surface area (Å²) in [5.41, 5.74) is 2.13. The van der Waals surface area contributed by atoms with Crippen LogP contribution < -0.4 is 10.1 Å². The molecule has 0 saturated carbocycles. The Labute approximate surface area is 137 Å². The summed E-state index contributed by atoms with van der Waals surface area (Å²) in [6.45, 7) is 0.781. The monoisotopic (exact) mass is 310 g/mol. The van der Waals surface area contributed by atoms with Gasteiger partial charge in [0.25, 0.3) is 0 Å². The number of methoxy groups -OCH3 is 1. The van der Waals surface area contributed by atoms with Crippen LogP contribution in [0.4, 0.5) is 0 Å². The van der Waals surface area contributed by atoms with Gasteiger partial charge in [0.05, 0.1) is 25.1 Å². The third-order valence-corrected chi connectivity index (χ3v) is 3.98. The molecule has 0 fully saturated rings. The summed E-state index contributed by atoms with van der Waals surface area (Å²) < 4.78 is 11.0. The molecule has 0 saturated heterocycles. The quantitative estimate of drug-likeness (QED) is 0.887. The molecule has 0 amide bonds. The molecule has 1 N–H and O–H groups in total. The Hall–Kier alpha value is -2.33. The Bertz CT molecular complexity index is 643. The van der Waals surface area contributed by atoms with E-state index in [1.807, 2.05) is 42.6 Å². The van der Waals surface area contributed by atoms with Gasteiger partial charge in [-0.25, -0.2) is 0 Å². The maximum Gasteiger partial charge on any atom is 0.119 e. The number of rotatable bonds is 6. The smallest absolute Gasteiger partial charge is 0.119 e. The fourth-order valence-corrected chi connectivity index (χ4v) is 2.75. The molecule has 0 aliphatic carbocycles. The lowest BCUT2D eigenvalue weighted by Crippen LogP contribution is -2.33. The highest BCUT2D eigenvalue weighted by molar-refractivity contribution is 5.34. The lowest BCUT2D eigenvalue weighted by Gasteiger charge is -2.24. The number of allylic oxidation sites excluding steroid dienone is 1. The van der Waals surface area contributed by atoms with Crippen molar-refractivity contribution < 1.29 is 9.47 Å². The van der Waals surface area contributed by atoms with Crippen LogP contribution in [0.5, 0.6) is 5.75 Å². The van der Waals surface area contributed by atoms with Crippen molar-refractivity contribution in [2.75, 3.05) is 13.7 Å². The zero-order valence-electron chi connectivity index (χ0n) is 13.3. The molecule has 1 aromatic carbocycles. The predicted octanol–water partition coefficient (Wildman–Crippen LogP) is 3.46. The largest absolute Gasteiger partial charge is 0.497 e. The molecule has 0 bridgehead atoms. The molecular weight excluding hydrogens is 288 g/mol. The highest BCUT2D eigenvalue weighted by Gasteiger charge is 2.18. The standard InChI is InChI=1S/C19H22N2O2/c1-22-16-9-6-7-15(13-16)19(18-10-2-4-11-20-18)21-14-17-8-3-5-12-23-17/h2,4-7,9-13,17,19,21H,3,8,14H2,1H3/t17-,19+/m1/s1. The summed E-state index contributed by atoms with van der Waals surface area (Å²) in [4.78, 5) is 4.52. The first kappa shape index (κ1) is 15.6. The van der Waals surface area contributed by atoms with Crippen molar-refractivity contribution >= 4 is 0 Å². The lowest BCUT2D eigenvalue weighted by molar-refractivity contribution is 0.120. The van der Waals surface area contributed by atoms with Crippen molar-refractivity contribution in [1.82, 2.24) is 10.3 Å². The molecule has 0 radical (unpaired) electrons. The molecule has 1 aliphatic rings. The van der Waals surface area contributed by atoms with Gasteiger partial charge in [-0.3, -0.25) is 4.98 Å². The number of hydrogen-bond acceptors (Lipinski definition) is 4. The number of nitrogens with zero attached hydrogens (tertiary/aromatic N) is 1. The minimum Gasteiger partial charge on any atom is -0.497 e. The summed E-state index contributed by atoms with van der Waals surface area (Å²) in [5, 5.41) is 3.60. The maximum atomic E-state index is 5.66. The molecule has 23 heavy (non-hydrogen) atoms. The minimum atomic E-state index is 0.0146. The molecule has 1 aliphatic heterocycles. The fourth-order valence-electron chi connectivity index (χ4n) is 2.75. The van der Waals surface area contributed by atoms with Crippen molar-refractivity contribution in [3.05, 3.63) is 72.3 Å². The highest BCUT2D eigenvalue weighted by atomic mass is 16.5. The van der Waals surface area contributed by atoms with Crippen LogP contribution >= 0.6 is 0 Å². The Morgan fingerprint density at radius 2 is 2.26 bits per heavy atom. The molecule has 120 valence electrons. The first-order valence-electron chi connectivity index (χ1n) is 7.95. The van der Waals surface area contributed by atoms with Gasteiger partial charge in [-0.1, -0.05) is 18.2 Å². The van der Waals surface area contributed by atoms with Crippen molar-refractivity contribution in [2.24, 2.45) is 0 Å². The Morgan fingerprint density at radius 1 is 1.30 bits per heavy atom. The van der Waals surface area contributed by atoms with E-state index in [1.54, 1.807) is 13.4 Å². The van der Waals surface area contributed by atoms with Crippen LogP contribution in [0.3, 0.4) is 0 Å². The first-order chi connectivity index (χ1) is 11.4. The Morgan fingerprint density at radius 3 is 3.00 bits per heavy atom. The Kier molecular flexibility index (Phi) is 5.27. The molecule has 2 aromatic rings. The molecule has 4 nitrogen and oxygen atoms in total. The molecule has 0 unspecified atom stereocenters. The topological polar surface area (TPSA) is 43.4 Å². The average molecular weight is 310 g/mol. The van der Waals surface area contributed by atoms with Crippen LogP contribution in [-0.4, -0.2) is 24.7 Å². The number of benzene rings is 1. The van der Waals surface area contributed by atoms with Gasteiger partial charge >= 0.3 is 0 Å². The molecule has 1 aromatic heterocycles. The lowest BCUT2D eigenvalue weighted by atomic mass is 10.0. The zero-order valence-corrected chi connectivity index (χ0v) is 13.3. The summed E-state index contributed by atoms with van der Waals surface area (Å²) >= 11 is 0. The van der Waals surface area contributed by atoms with E-state index < -0.39 is 0 Å². The van der Waals surface area contributed by atoms with Gasteiger partial charge in [-0.2, -0.15) is 0 Å². The van der Waals surface area contributed by atoms with Gasteiger partial charge < -0.3 is 14.8 Å². The zero-order chi connectivity index (χ0) is 15.9. The van der Waals surface area contributed by atoms with Crippen LogP contribution in [-0.2, 0) is 4.74 Å². The van der Waals surface area contributed by atoms with E-state index in [1.165, 1.54) is 0 Å². The van der Waals surface area contributed by atoms with E-state index in [9.17, 15) is 0 Å². The first-order valence-corrected chi connectivity index (χ1v) is 7.95. The summed E-state index contributed by atoms with van der Waals surface area (Å²) in [7, 11) is 1.69. The normalized spacial score (nSPS) is 18.2. The van der Waals surface area contributed by atoms with Crippen molar-refractivity contribution in [2.45, 2.75) is 25.0 Å². The van der Waals surface area contributed by atoms with Crippen molar-refractivity contribution in [3.63, 3.8) is 0 Å². The van der Waals surface area contributed by atoms with Crippen LogP contribution in [0.15, 0.2) is 61.0 Å². The van der Waals surface area contributed by atoms with Gasteiger partial charge in [-0.05, 0) is 48.7 Å². The molecule has 3 rings (SSSR count). The molecular formula is C19H22N2O2. The molecule has 2 atom stereocenters. The molecule has 0 spiro atoms. The second-order valence-electron chi connectivity index (χ2n) is 5.58. The van der Waals surface area contributed by atoms with Gasteiger partial charge in [0.2, 0.25) is 0 Å². The van der Waals surface area contributed by atoms with E-state index in [0.29, 0.717) is 0 Å². The number of pyridine rings is 1. The predicted molar refractivity (Wildman–Crippen MR) is 90.3 cm³/mol. The van der Waals surface area contributed by atoms with E-state index >= 15 is 0 Å². The average Bonchev–Trinajstić information content (AvgIpc) is 2.64. The van der Waals surface area contributed by atoms with Crippen LogP contribution in [0, 0.1) is 0 Å². The number of aromatic nitrogens is 1. The fraction of sp³-hybridized carbons (Fsp3) is 0.316. The third kappa shape index (κ3) is 4.11. The van der Waals surface area contributed by atoms with Crippen molar-refractivity contribution in [1.29, 1.82) is 0 Å². The summed E-state index contributed by atoms with van der Waals surface area (Å²) in [5.74, 6) is 0.849. The van der Waals surface area contributed by atoms with Crippen LogP contribution in [0.25, 0.3) is 0 Å². The van der Waals surface area contributed by atoms with E-state index in [4.69, 9.17) is 9.47 Å². The van der Waals surface area contributed by atoms with E-state index in [0.717, 1.165) is 36.4 Å². The second kappa shape index (κ2) is 7.79. The van der Waals surface area contributed by atoms with E-state index in [2.05, 4.69) is 22.4 Å². The number of nitrogens with one attached hydrogen (secondary N) is 1. The molecule has 4 heteroatoms. The summed E-state index contributed by atoms with van der Waals surface area (Å²) in [6.07, 6.45) is 8.00. The number of hydrogen-bond donors (Lipinski definition) is 1. The van der Waals surface area contributed by atoms with Crippen molar-refractivity contribution in [3.8, 4) is 5.75 Å². The van der Waals surface area contributed by atoms with Gasteiger partial charge in [0.1, 0.15) is 11.9 Å². The maximum absolute atomic E-state index is 5.66. The number of ether oxygens (including phenoxy) is 2. The minimum absolute atomic E-state index is 0.0146. The van der Waals surface area contributed by atoms with Crippen LogP contribution in [0.2, 0.25) is 0 Å². The van der Waals surface area contributed by atoms with Gasteiger partial charge in [0.15, 0.2) is 0 Å². The summed E-state index contributed by atoms with van der Waals surface area (Å²) in [6, 6.07) is 14.1.